The number of anilines is 1. The van der Waals surface area contributed by atoms with Gasteiger partial charge in [0.25, 0.3) is 0 Å². The zero-order valence-corrected chi connectivity index (χ0v) is 14.6. The van der Waals surface area contributed by atoms with E-state index in [1.54, 1.807) is 32.0 Å². The van der Waals surface area contributed by atoms with Crippen LogP contribution in [-0.4, -0.2) is 42.5 Å². The molecule has 1 fully saturated rings. The number of carbonyl (C=O) groups is 1. The molecule has 24 heavy (non-hydrogen) atoms. The maximum atomic E-state index is 12.4. The highest BCUT2D eigenvalue weighted by Crippen LogP contribution is 2.23. The lowest BCUT2D eigenvalue weighted by molar-refractivity contribution is -0.120. The summed E-state index contributed by atoms with van der Waals surface area (Å²) in [6.07, 6.45) is 1.08. The van der Waals surface area contributed by atoms with Gasteiger partial charge in [-0.3, -0.25) is 4.79 Å². The Morgan fingerprint density at radius 2 is 2.08 bits per heavy atom. The summed E-state index contributed by atoms with van der Waals surface area (Å²) in [5.74, 6) is 0.421. The van der Waals surface area contributed by atoms with Crippen molar-refractivity contribution in [1.82, 2.24) is 9.29 Å². The molecule has 1 aliphatic rings. The molecule has 0 bridgehead atoms. The van der Waals surface area contributed by atoms with E-state index < -0.39 is 10.0 Å². The number of aryl methyl sites for hydroxylation is 1. The number of hydrogen-bond donors (Lipinski definition) is 1. The molecule has 130 valence electrons. The molecule has 1 N–H and O–H groups in total. The van der Waals surface area contributed by atoms with Gasteiger partial charge in [0, 0.05) is 31.6 Å². The molecule has 0 spiro atoms. The van der Waals surface area contributed by atoms with Crippen molar-refractivity contribution in [3.8, 4) is 0 Å². The summed E-state index contributed by atoms with van der Waals surface area (Å²) in [5.41, 5.74) is 2.06. The lowest BCUT2D eigenvalue weighted by Gasteiger charge is -2.30. The van der Waals surface area contributed by atoms with Crippen LogP contribution >= 0.6 is 0 Å². The number of nitrogens with one attached hydrogen (secondary N) is 1. The summed E-state index contributed by atoms with van der Waals surface area (Å²) in [7, 11) is -3.17. The maximum Gasteiger partial charge on any atom is 0.227 e. The van der Waals surface area contributed by atoms with Gasteiger partial charge in [-0.15, -0.1) is 0 Å². The Morgan fingerprint density at radius 3 is 2.75 bits per heavy atom. The summed E-state index contributed by atoms with van der Waals surface area (Å²) in [6.45, 7) is 4.21. The largest absolute Gasteiger partial charge is 0.441 e. The van der Waals surface area contributed by atoms with Crippen molar-refractivity contribution in [3.05, 3.63) is 24.1 Å². The van der Waals surface area contributed by atoms with Crippen molar-refractivity contribution in [2.45, 2.75) is 26.7 Å². The molecule has 1 saturated heterocycles. The smallest absolute Gasteiger partial charge is 0.227 e. The fourth-order valence-corrected chi connectivity index (χ4v) is 4.08. The molecule has 2 aromatic rings. The predicted molar refractivity (Wildman–Crippen MR) is 91.1 cm³/mol. The van der Waals surface area contributed by atoms with Gasteiger partial charge in [0.15, 0.2) is 11.5 Å². The van der Waals surface area contributed by atoms with Crippen molar-refractivity contribution in [2.75, 3.05) is 24.2 Å². The van der Waals surface area contributed by atoms with Crippen LogP contribution in [0.3, 0.4) is 0 Å². The molecule has 7 nitrogen and oxygen atoms in total. The first-order chi connectivity index (χ1) is 11.4. The van der Waals surface area contributed by atoms with Crippen LogP contribution in [-0.2, 0) is 14.8 Å². The van der Waals surface area contributed by atoms with Gasteiger partial charge in [0.05, 0.1) is 5.75 Å². The van der Waals surface area contributed by atoms with Crippen molar-refractivity contribution in [1.29, 1.82) is 0 Å². The SMILES string of the molecule is CCS(=O)(=O)N1CCC(C(=O)Nc2ccc3oc(C)nc3c2)CC1. The van der Waals surface area contributed by atoms with Gasteiger partial charge in [-0.05, 0) is 38.0 Å². The van der Waals surface area contributed by atoms with Crippen LogP contribution in [0.5, 0.6) is 0 Å². The van der Waals surface area contributed by atoms with Crippen LogP contribution < -0.4 is 5.32 Å². The van der Waals surface area contributed by atoms with E-state index in [9.17, 15) is 13.2 Å². The van der Waals surface area contributed by atoms with Crippen molar-refractivity contribution < 1.29 is 17.6 Å². The van der Waals surface area contributed by atoms with Crippen LogP contribution in [0.4, 0.5) is 5.69 Å². The van der Waals surface area contributed by atoms with E-state index in [-0.39, 0.29) is 17.6 Å². The lowest BCUT2D eigenvalue weighted by atomic mass is 9.97. The molecule has 1 aromatic carbocycles. The highest BCUT2D eigenvalue weighted by Gasteiger charge is 2.30. The fourth-order valence-electron chi connectivity index (χ4n) is 2.94. The van der Waals surface area contributed by atoms with Crippen molar-refractivity contribution in [3.63, 3.8) is 0 Å². The van der Waals surface area contributed by atoms with Gasteiger partial charge in [-0.1, -0.05) is 0 Å². The van der Waals surface area contributed by atoms with E-state index in [0.29, 0.717) is 48.6 Å². The summed E-state index contributed by atoms with van der Waals surface area (Å²) in [4.78, 5) is 16.7. The third-order valence-electron chi connectivity index (χ3n) is 4.34. The standard InChI is InChI=1S/C16H21N3O4S/c1-3-24(21,22)19-8-6-12(7-9-19)16(20)18-13-4-5-15-14(10-13)17-11(2)23-15/h4-5,10,12H,3,6-9H2,1-2H3,(H,18,20). The summed E-state index contributed by atoms with van der Waals surface area (Å²) >= 11 is 0. The number of piperidine rings is 1. The first-order valence-electron chi connectivity index (χ1n) is 8.05. The number of sulfonamides is 1. The number of rotatable bonds is 4. The zero-order valence-electron chi connectivity index (χ0n) is 13.8. The third-order valence-corrected chi connectivity index (χ3v) is 6.23. The molecule has 0 radical (unpaired) electrons. The molecule has 0 unspecified atom stereocenters. The van der Waals surface area contributed by atoms with Gasteiger partial charge in [-0.25, -0.2) is 17.7 Å². The Morgan fingerprint density at radius 1 is 1.38 bits per heavy atom. The predicted octanol–water partition coefficient (Wildman–Crippen LogP) is 2.14. The Kier molecular flexibility index (Phi) is 4.60. The Labute approximate surface area is 141 Å². The normalized spacial score (nSPS) is 17.2. The van der Waals surface area contributed by atoms with Crippen LogP contribution in [0.2, 0.25) is 0 Å². The van der Waals surface area contributed by atoms with E-state index in [1.807, 2.05) is 0 Å². The topological polar surface area (TPSA) is 92.5 Å². The second kappa shape index (κ2) is 6.52. The number of benzene rings is 1. The molecule has 0 aliphatic carbocycles. The lowest BCUT2D eigenvalue weighted by Crippen LogP contribution is -2.42. The first-order valence-corrected chi connectivity index (χ1v) is 9.66. The average molecular weight is 351 g/mol. The van der Waals surface area contributed by atoms with Crippen molar-refractivity contribution >= 4 is 32.7 Å². The van der Waals surface area contributed by atoms with Crippen LogP contribution in [0.15, 0.2) is 22.6 Å². The fraction of sp³-hybridized carbons (Fsp3) is 0.500. The van der Waals surface area contributed by atoms with Crippen LogP contribution in [0, 0.1) is 12.8 Å². The van der Waals surface area contributed by atoms with Gasteiger partial charge in [0.2, 0.25) is 15.9 Å². The molecule has 0 saturated carbocycles. The molecule has 3 rings (SSSR count). The van der Waals surface area contributed by atoms with Gasteiger partial charge in [0.1, 0.15) is 5.52 Å². The zero-order chi connectivity index (χ0) is 17.3. The molecular formula is C16H21N3O4S. The third kappa shape index (κ3) is 3.44. The van der Waals surface area contributed by atoms with Gasteiger partial charge >= 0.3 is 0 Å². The Balaban J connectivity index is 1.63. The highest BCUT2D eigenvalue weighted by atomic mass is 32.2. The first kappa shape index (κ1) is 16.9. The molecule has 1 aromatic heterocycles. The minimum Gasteiger partial charge on any atom is -0.441 e. The quantitative estimate of drug-likeness (QED) is 0.911. The minimum absolute atomic E-state index is 0.0805. The van der Waals surface area contributed by atoms with E-state index in [1.165, 1.54) is 4.31 Å². The molecule has 1 amide bonds. The number of amides is 1. The number of oxazole rings is 1. The number of carbonyl (C=O) groups excluding carboxylic acids is 1. The summed E-state index contributed by atoms with van der Waals surface area (Å²) in [6, 6.07) is 5.34. The van der Waals surface area contributed by atoms with E-state index in [2.05, 4.69) is 10.3 Å². The van der Waals surface area contributed by atoms with Crippen molar-refractivity contribution in [2.24, 2.45) is 5.92 Å². The van der Waals surface area contributed by atoms with E-state index in [0.717, 1.165) is 0 Å². The molecule has 0 atom stereocenters. The summed E-state index contributed by atoms with van der Waals surface area (Å²) < 4.78 is 30.6. The van der Waals surface area contributed by atoms with E-state index >= 15 is 0 Å². The molecule has 8 heteroatoms. The highest BCUT2D eigenvalue weighted by molar-refractivity contribution is 7.89. The van der Waals surface area contributed by atoms with Crippen LogP contribution in [0.1, 0.15) is 25.7 Å². The number of fused-ring (bicyclic) bond motifs is 1. The van der Waals surface area contributed by atoms with E-state index in [4.69, 9.17) is 4.42 Å². The number of hydrogen-bond acceptors (Lipinski definition) is 5. The van der Waals surface area contributed by atoms with Gasteiger partial charge < -0.3 is 9.73 Å². The van der Waals surface area contributed by atoms with Gasteiger partial charge in [-0.2, -0.15) is 0 Å². The monoisotopic (exact) mass is 351 g/mol. The second-order valence-corrected chi connectivity index (χ2v) is 8.24. The Bertz CT molecular complexity index is 851. The second-order valence-electron chi connectivity index (χ2n) is 5.98. The number of nitrogens with zero attached hydrogens (tertiary/aromatic N) is 2. The number of aromatic nitrogens is 1. The molecular weight excluding hydrogens is 330 g/mol. The average Bonchev–Trinajstić information content (AvgIpc) is 2.94. The minimum atomic E-state index is -3.17. The Hall–Kier alpha value is -1.93. The summed E-state index contributed by atoms with van der Waals surface area (Å²) in [5, 5.41) is 2.89. The molecule has 1 aliphatic heterocycles. The maximum absolute atomic E-state index is 12.4. The molecule has 2 heterocycles. The van der Waals surface area contributed by atoms with Crippen LogP contribution in [0.25, 0.3) is 11.1 Å².